The molecule has 0 aromatic heterocycles. The number of unbranched alkanes of at least 4 members (excludes halogenated alkanes) is 30. The van der Waals surface area contributed by atoms with Crippen LogP contribution in [0.5, 0.6) is 0 Å². The highest BCUT2D eigenvalue weighted by molar-refractivity contribution is 5.77. The molecule has 0 aliphatic heterocycles. The van der Waals surface area contributed by atoms with Gasteiger partial charge in [-0.1, -0.05) is 225 Å². The Morgan fingerprint density at radius 1 is 0.509 bits per heavy atom. The average molecular weight is 804 g/mol. The highest BCUT2D eigenvalue weighted by Gasteiger charge is 2.24. The Balaban J connectivity index is 4.39. The second kappa shape index (κ2) is 45.4. The Labute approximate surface area is 354 Å². The molecule has 0 aliphatic rings. The zero-order valence-corrected chi connectivity index (χ0v) is 38.2. The lowest BCUT2D eigenvalue weighted by molar-refractivity contribution is -0.151. The molecule has 0 aromatic rings. The molecule has 0 spiro atoms. The summed E-state index contributed by atoms with van der Waals surface area (Å²) in [6, 6.07) is -0.700. The molecule has 3 N–H and O–H groups in total. The van der Waals surface area contributed by atoms with E-state index in [9.17, 15) is 19.8 Å². The summed E-state index contributed by atoms with van der Waals surface area (Å²) in [4.78, 5) is 25.9. The largest absolute Gasteiger partial charge is 0.462 e. The van der Waals surface area contributed by atoms with Gasteiger partial charge in [-0.05, 0) is 51.4 Å². The number of amides is 1. The number of allylic oxidation sites excluding steroid dienone is 4. The first-order valence-corrected chi connectivity index (χ1v) is 25.1. The van der Waals surface area contributed by atoms with Crippen LogP contribution in [-0.2, 0) is 14.3 Å². The third kappa shape index (κ3) is 40.9. The summed E-state index contributed by atoms with van der Waals surface area (Å²) >= 11 is 0. The molecular formula is C51H97NO5. The van der Waals surface area contributed by atoms with E-state index in [0.717, 1.165) is 64.2 Å². The summed E-state index contributed by atoms with van der Waals surface area (Å²) in [5.41, 5.74) is 0. The molecule has 6 nitrogen and oxygen atoms in total. The van der Waals surface area contributed by atoms with Crippen molar-refractivity contribution in [1.82, 2.24) is 5.32 Å². The molecule has 57 heavy (non-hydrogen) atoms. The Morgan fingerprint density at radius 3 is 1.30 bits per heavy atom. The summed E-state index contributed by atoms with van der Waals surface area (Å²) in [5, 5.41) is 23.7. The number of aliphatic hydroxyl groups is 2. The van der Waals surface area contributed by atoms with Crippen molar-refractivity contribution >= 4 is 11.9 Å². The zero-order chi connectivity index (χ0) is 41.7. The number of hydrogen-bond donors (Lipinski definition) is 3. The van der Waals surface area contributed by atoms with E-state index in [0.29, 0.717) is 19.3 Å². The van der Waals surface area contributed by atoms with Gasteiger partial charge in [-0.2, -0.15) is 0 Å². The molecule has 0 aromatic carbocycles. The van der Waals surface area contributed by atoms with Gasteiger partial charge in [0.1, 0.15) is 6.10 Å². The van der Waals surface area contributed by atoms with Crippen LogP contribution in [0.25, 0.3) is 0 Å². The van der Waals surface area contributed by atoms with Gasteiger partial charge in [0.05, 0.1) is 25.2 Å². The van der Waals surface area contributed by atoms with Crippen LogP contribution in [-0.4, -0.2) is 46.9 Å². The predicted octanol–water partition coefficient (Wildman–Crippen LogP) is 14.7. The van der Waals surface area contributed by atoms with Crippen molar-refractivity contribution in [3.05, 3.63) is 24.3 Å². The molecule has 3 unspecified atom stereocenters. The van der Waals surface area contributed by atoms with Crippen molar-refractivity contribution in [2.45, 2.75) is 283 Å². The lowest BCUT2D eigenvalue weighted by atomic mass is 10.0. The summed E-state index contributed by atoms with van der Waals surface area (Å²) in [5.74, 6) is -0.500. The van der Waals surface area contributed by atoms with E-state index in [1.54, 1.807) is 0 Å². The first-order chi connectivity index (χ1) is 28.0. The predicted molar refractivity (Wildman–Crippen MR) is 246 cm³/mol. The normalized spacial score (nSPS) is 13.4. The highest BCUT2D eigenvalue weighted by Crippen LogP contribution is 2.18. The number of esters is 1. The minimum atomic E-state index is -0.786. The molecule has 336 valence electrons. The SMILES string of the molecule is CCCCCCCCC/C=C/C=C/CCCCCC(=O)OC(CCCCCCCCC)CC(=O)NC(CO)C(O)CCCCCCCCCCCCCCCCC. The van der Waals surface area contributed by atoms with E-state index >= 15 is 0 Å². The summed E-state index contributed by atoms with van der Waals surface area (Å²) < 4.78 is 5.88. The van der Waals surface area contributed by atoms with Gasteiger partial charge in [0.25, 0.3) is 0 Å². The fraction of sp³-hybridized carbons (Fsp3) is 0.882. The summed E-state index contributed by atoms with van der Waals surface area (Å²) in [6.45, 7) is 6.45. The molecule has 0 bridgehead atoms. The highest BCUT2D eigenvalue weighted by atomic mass is 16.5. The van der Waals surface area contributed by atoms with Crippen molar-refractivity contribution < 1.29 is 24.5 Å². The van der Waals surface area contributed by atoms with Crippen LogP contribution < -0.4 is 5.32 Å². The number of aliphatic hydroxyl groups excluding tert-OH is 2. The molecule has 0 rings (SSSR count). The minimum absolute atomic E-state index is 0.0705. The van der Waals surface area contributed by atoms with E-state index in [4.69, 9.17) is 4.74 Å². The monoisotopic (exact) mass is 804 g/mol. The van der Waals surface area contributed by atoms with E-state index in [1.165, 1.54) is 154 Å². The zero-order valence-electron chi connectivity index (χ0n) is 38.2. The molecule has 0 fully saturated rings. The van der Waals surface area contributed by atoms with Gasteiger partial charge in [0.2, 0.25) is 5.91 Å². The number of carbonyl (C=O) groups excluding carboxylic acids is 2. The third-order valence-electron chi connectivity index (χ3n) is 11.6. The summed E-state index contributed by atoms with van der Waals surface area (Å²) in [6.07, 6.45) is 51.1. The van der Waals surface area contributed by atoms with Gasteiger partial charge in [0, 0.05) is 6.42 Å². The lowest BCUT2D eigenvalue weighted by Crippen LogP contribution is -2.46. The molecule has 0 saturated heterocycles. The van der Waals surface area contributed by atoms with Gasteiger partial charge in [-0.3, -0.25) is 9.59 Å². The van der Waals surface area contributed by atoms with Crippen molar-refractivity contribution in [3.8, 4) is 0 Å². The van der Waals surface area contributed by atoms with Gasteiger partial charge in [-0.15, -0.1) is 0 Å². The fourth-order valence-corrected chi connectivity index (χ4v) is 7.72. The maximum atomic E-state index is 13.1. The second-order valence-electron chi connectivity index (χ2n) is 17.3. The van der Waals surface area contributed by atoms with Crippen LogP contribution in [0.4, 0.5) is 0 Å². The van der Waals surface area contributed by atoms with Gasteiger partial charge < -0.3 is 20.3 Å². The maximum Gasteiger partial charge on any atom is 0.306 e. The number of rotatable bonds is 45. The molecule has 1 amide bonds. The Morgan fingerprint density at radius 2 is 0.877 bits per heavy atom. The van der Waals surface area contributed by atoms with E-state index in [2.05, 4.69) is 50.4 Å². The van der Waals surface area contributed by atoms with Crippen molar-refractivity contribution in [3.63, 3.8) is 0 Å². The first-order valence-electron chi connectivity index (χ1n) is 25.1. The molecule has 0 saturated carbocycles. The maximum absolute atomic E-state index is 13.1. The first kappa shape index (κ1) is 55.3. The number of nitrogens with one attached hydrogen (secondary N) is 1. The topological polar surface area (TPSA) is 95.9 Å². The van der Waals surface area contributed by atoms with Crippen molar-refractivity contribution in [1.29, 1.82) is 0 Å². The molecular weight excluding hydrogens is 707 g/mol. The van der Waals surface area contributed by atoms with E-state index < -0.39 is 18.2 Å². The lowest BCUT2D eigenvalue weighted by Gasteiger charge is -2.24. The van der Waals surface area contributed by atoms with E-state index in [1.807, 2.05) is 0 Å². The van der Waals surface area contributed by atoms with Crippen LogP contribution in [0.2, 0.25) is 0 Å². The van der Waals surface area contributed by atoms with Crippen LogP contribution in [0.3, 0.4) is 0 Å². The van der Waals surface area contributed by atoms with E-state index in [-0.39, 0.29) is 24.9 Å². The average Bonchev–Trinajstić information content (AvgIpc) is 3.20. The standard InChI is InChI=1S/C51H97NO5/c1-4-7-10-13-16-18-20-22-24-26-28-30-32-35-38-41-44-51(56)57-47(42-39-36-33-15-12-9-6-3)45-50(55)52-48(46-53)49(54)43-40-37-34-31-29-27-25-23-21-19-17-14-11-8-5-2/h24,26,28,30,47-49,53-54H,4-23,25,27,29,31-46H2,1-3H3,(H,52,55)/b26-24+,30-28+. The van der Waals surface area contributed by atoms with Crippen LogP contribution in [0.1, 0.15) is 265 Å². The minimum Gasteiger partial charge on any atom is -0.462 e. The number of hydrogen-bond acceptors (Lipinski definition) is 5. The smallest absolute Gasteiger partial charge is 0.306 e. The molecule has 0 aliphatic carbocycles. The van der Waals surface area contributed by atoms with Crippen LogP contribution >= 0.6 is 0 Å². The van der Waals surface area contributed by atoms with Crippen LogP contribution in [0.15, 0.2) is 24.3 Å². The van der Waals surface area contributed by atoms with Gasteiger partial charge >= 0.3 is 5.97 Å². The van der Waals surface area contributed by atoms with Crippen LogP contribution in [0, 0.1) is 0 Å². The molecule has 0 heterocycles. The Bertz CT molecular complexity index is 904. The third-order valence-corrected chi connectivity index (χ3v) is 11.6. The van der Waals surface area contributed by atoms with Gasteiger partial charge in [-0.25, -0.2) is 0 Å². The second-order valence-corrected chi connectivity index (χ2v) is 17.3. The quantitative estimate of drug-likeness (QED) is 0.0324. The molecule has 0 radical (unpaired) electrons. The van der Waals surface area contributed by atoms with Crippen molar-refractivity contribution in [2.75, 3.05) is 6.61 Å². The van der Waals surface area contributed by atoms with Gasteiger partial charge in [0.15, 0.2) is 0 Å². The van der Waals surface area contributed by atoms with Crippen molar-refractivity contribution in [2.24, 2.45) is 0 Å². The number of ether oxygens (including phenoxy) is 1. The number of carbonyl (C=O) groups is 2. The Kier molecular flexibility index (Phi) is 44.1. The summed E-state index contributed by atoms with van der Waals surface area (Å²) in [7, 11) is 0. The fourth-order valence-electron chi connectivity index (χ4n) is 7.72. The Hall–Kier alpha value is -1.66. The molecule has 3 atom stereocenters. The molecule has 6 heteroatoms.